The number of ether oxygens (including phenoxy) is 1. The number of hydrogen-bond donors (Lipinski definition) is 0. The molecule has 0 saturated heterocycles. The van der Waals surface area contributed by atoms with Crippen molar-refractivity contribution in [3.05, 3.63) is 70.7 Å². The molecular weight excluding hydrogens is 340 g/mol. The van der Waals surface area contributed by atoms with E-state index in [0.717, 1.165) is 26.4 Å². The summed E-state index contributed by atoms with van der Waals surface area (Å²) in [5.74, 6) is -0.283. The van der Waals surface area contributed by atoms with Gasteiger partial charge in [-0.15, -0.1) is 0 Å². The molecule has 22 heavy (non-hydrogen) atoms. The number of rotatable bonds is 3. The first kappa shape index (κ1) is 14.8. The van der Waals surface area contributed by atoms with Crippen molar-refractivity contribution >= 4 is 32.7 Å². The fraction of sp³-hybridized carbons (Fsp3) is 0.105. The summed E-state index contributed by atoms with van der Waals surface area (Å²) >= 11 is 3.48. The van der Waals surface area contributed by atoms with Crippen LogP contribution in [0.15, 0.2) is 65.1 Å². The second kappa shape index (κ2) is 6.32. The summed E-state index contributed by atoms with van der Waals surface area (Å²) in [7, 11) is 0. The van der Waals surface area contributed by atoms with Crippen molar-refractivity contribution in [1.82, 2.24) is 0 Å². The highest BCUT2D eigenvalue weighted by atomic mass is 79.9. The van der Waals surface area contributed by atoms with Gasteiger partial charge in [-0.25, -0.2) is 4.79 Å². The molecule has 0 fully saturated rings. The molecule has 0 atom stereocenters. The Hall–Kier alpha value is -2.13. The Labute approximate surface area is 137 Å². The van der Waals surface area contributed by atoms with Crippen molar-refractivity contribution in [2.24, 2.45) is 0 Å². The van der Waals surface area contributed by atoms with Crippen LogP contribution >= 0.6 is 15.9 Å². The van der Waals surface area contributed by atoms with Gasteiger partial charge < -0.3 is 4.74 Å². The van der Waals surface area contributed by atoms with Gasteiger partial charge in [-0.05, 0) is 53.1 Å². The molecule has 0 radical (unpaired) electrons. The van der Waals surface area contributed by atoms with Crippen LogP contribution in [0.4, 0.5) is 0 Å². The maximum atomic E-state index is 12.1. The topological polar surface area (TPSA) is 26.3 Å². The number of fused-ring (bicyclic) bond motifs is 1. The molecule has 3 heteroatoms. The van der Waals surface area contributed by atoms with E-state index < -0.39 is 0 Å². The number of benzene rings is 3. The van der Waals surface area contributed by atoms with E-state index in [-0.39, 0.29) is 5.97 Å². The number of esters is 1. The van der Waals surface area contributed by atoms with Crippen LogP contribution in [0.25, 0.3) is 21.9 Å². The molecule has 0 heterocycles. The van der Waals surface area contributed by atoms with E-state index in [0.29, 0.717) is 12.2 Å². The fourth-order valence-corrected chi connectivity index (χ4v) is 2.88. The summed E-state index contributed by atoms with van der Waals surface area (Å²) < 4.78 is 6.20. The van der Waals surface area contributed by atoms with Crippen LogP contribution < -0.4 is 0 Å². The summed E-state index contributed by atoms with van der Waals surface area (Å²) in [5, 5.41) is 2.30. The molecule has 0 unspecified atom stereocenters. The molecule has 3 rings (SSSR count). The Morgan fingerprint density at radius 3 is 2.55 bits per heavy atom. The van der Waals surface area contributed by atoms with E-state index in [2.05, 4.69) is 40.2 Å². The van der Waals surface area contributed by atoms with Gasteiger partial charge in [0.15, 0.2) is 0 Å². The van der Waals surface area contributed by atoms with E-state index in [1.54, 1.807) is 6.07 Å². The molecule has 0 aliphatic carbocycles. The van der Waals surface area contributed by atoms with Gasteiger partial charge in [-0.3, -0.25) is 0 Å². The summed E-state index contributed by atoms with van der Waals surface area (Å²) in [5.41, 5.74) is 2.50. The lowest BCUT2D eigenvalue weighted by Gasteiger charge is -2.10. The zero-order valence-electron chi connectivity index (χ0n) is 12.2. The smallest absolute Gasteiger partial charge is 0.338 e. The lowest BCUT2D eigenvalue weighted by molar-refractivity contribution is 0.0527. The first-order valence-electron chi connectivity index (χ1n) is 7.15. The van der Waals surface area contributed by atoms with E-state index in [1.165, 1.54) is 0 Å². The summed E-state index contributed by atoms with van der Waals surface area (Å²) in [6.07, 6.45) is 0. The minimum atomic E-state index is -0.283. The van der Waals surface area contributed by atoms with Crippen molar-refractivity contribution in [3.63, 3.8) is 0 Å². The van der Waals surface area contributed by atoms with Crippen molar-refractivity contribution < 1.29 is 9.53 Å². The molecule has 0 aromatic heterocycles. The molecule has 0 bridgehead atoms. The minimum absolute atomic E-state index is 0.283. The Morgan fingerprint density at radius 1 is 1.00 bits per heavy atom. The molecule has 0 spiro atoms. The number of carbonyl (C=O) groups excluding carboxylic acids is 1. The first-order chi connectivity index (χ1) is 10.7. The highest BCUT2D eigenvalue weighted by Crippen LogP contribution is 2.29. The third kappa shape index (κ3) is 2.90. The lowest BCUT2D eigenvalue weighted by atomic mass is 9.97. The first-order valence-corrected chi connectivity index (χ1v) is 7.94. The molecule has 110 valence electrons. The zero-order valence-corrected chi connectivity index (χ0v) is 13.8. The highest BCUT2D eigenvalue weighted by molar-refractivity contribution is 9.10. The normalized spacial score (nSPS) is 10.6. The predicted octanol–water partition coefficient (Wildman–Crippen LogP) is 5.45. The van der Waals surface area contributed by atoms with Crippen LogP contribution in [0.1, 0.15) is 17.3 Å². The van der Waals surface area contributed by atoms with Gasteiger partial charge in [-0.1, -0.05) is 52.3 Å². The largest absolute Gasteiger partial charge is 0.462 e. The van der Waals surface area contributed by atoms with Crippen molar-refractivity contribution in [2.45, 2.75) is 6.92 Å². The van der Waals surface area contributed by atoms with E-state index in [9.17, 15) is 4.79 Å². The standard InChI is InChI=1S/C19H15BrO2/c1-2-22-19(21)18-6-4-3-5-17(18)15-8-7-14-12-16(20)10-9-13(14)11-15/h3-12H,2H2,1H3. The fourth-order valence-electron chi connectivity index (χ4n) is 2.51. The van der Waals surface area contributed by atoms with Crippen molar-refractivity contribution in [2.75, 3.05) is 6.61 Å². The minimum Gasteiger partial charge on any atom is -0.462 e. The van der Waals surface area contributed by atoms with Gasteiger partial charge >= 0.3 is 5.97 Å². The summed E-state index contributed by atoms with van der Waals surface area (Å²) in [6, 6.07) is 19.9. The third-order valence-corrected chi connectivity index (χ3v) is 4.03. The molecule has 0 aliphatic heterocycles. The van der Waals surface area contributed by atoms with Crippen LogP contribution in [0, 0.1) is 0 Å². The molecule has 0 saturated carbocycles. The Kier molecular flexibility index (Phi) is 4.25. The second-order valence-electron chi connectivity index (χ2n) is 4.97. The predicted molar refractivity (Wildman–Crippen MR) is 93.0 cm³/mol. The molecule has 0 N–H and O–H groups in total. The van der Waals surface area contributed by atoms with E-state index >= 15 is 0 Å². The van der Waals surface area contributed by atoms with Gasteiger partial charge in [0.25, 0.3) is 0 Å². The average molecular weight is 355 g/mol. The molecular formula is C19H15BrO2. The molecule has 0 amide bonds. The average Bonchev–Trinajstić information content (AvgIpc) is 2.54. The van der Waals surface area contributed by atoms with Crippen LogP contribution in [0.5, 0.6) is 0 Å². The highest BCUT2D eigenvalue weighted by Gasteiger charge is 2.13. The van der Waals surface area contributed by atoms with Crippen molar-refractivity contribution in [3.8, 4) is 11.1 Å². The summed E-state index contributed by atoms with van der Waals surface area (Å²) in [4.78, 5) is 12.1. The quantitative estimate of drug-likeness (QED) is 0.585. The van der Waals surface area contributed by atoms with Crippen LogP contribution in [0.2, 0.25) is 0 Å². The molecule has 3 aromatic rings. The van der Waals surface area contributed by atoms with Gasteiger partial charge in [0, 0.05) is 4.47 Å². The lowest BCUT2D eigenvalue weighted by Crippen LogP contribution is -2.06. The summed E-state index contributed by atoms with van der Waals surface area (Å²) in [6.45, 7) is 2.19. The van der Waals surface area contributed by atoms with Crippen LogP contribution in [-0.2, 0) is 4.74 Å². The van der Waals surface area contributed by atoms with Gasteiger partial charge in [-0.2, -0.15) is 0 Å². The van der Waals surface area contributed by atoms with Gasteiger partial charge in [0.2, 0.25) is 0 Å². The van der Waals surface area contributed by atoms with Gasteiger partial charge in [0.1, 0.15) is 0 Å². The van der Waals surface area contributed by atoms with Crippen LogP contribution in [0.3, 0.4) is 0 Å². The van der Waals surface area contributed by atoms with E-state index in [1.807, 2.05) is 37.3 Å². The zero-order chi connectivity index (χ0) is 15.5. The molecule has 3 aromatic carbocycles. The number of hydrogen-bond acceptors (Lipinski definition) is 2. The Bertz CT molecular complexity index is 840. The Morgan fingerprint density at radius 2 is 1.73 bits per heavy atom. The maximum absolute atomic E-state index is 12.1. The molecule has 2 nitrogen and oxygen atoms in total. The molecule has 0 aliphatic rings. The van der Waals surface area contributed by atoms with Crippen molar-refractivity contribution in [1.29, 1.82) is 0 Å². The monoisotopic (exact) mass is 354 g/mol. The third-order valence-electron chi connectivity index (χ3n) is 3.54. The second-order valence-corrected chi connectivity index (χ2v) is 5.89. The van der Waals surface area contributed by atoms with Gasteiger partial charge in [0.05, 0.1) is 12.2 Å². The SMILES string of the molecule is CCOC(=O)c1ccccc1-c1ccc2cc(Br)ccc2c1. The maximum Gasteiger partial charge on any atom is 0.338 e. The number of halogens is 1. The van der Waals surface area contributed by atoms with E-state index in [4.69, 9.17) is 4.74 Å². The van der Waals surface area contributed by atoms with Crippen LogP contribution in [-0.4, -0.2) is 12.6 Å². The number of carbonyl (C=O) groups is 1. The Balaban J connectivity index is 2.11.